The minimum atomic E-state index is -4.46. The van der Waals surface area contributed by atoms with E-state index in [4.69, 9.17) is 5.11 Å². The number of hydrogen-bond acceptors (Lipinski definition) is 3. The molecule has 7 heteroatoms. The molecular formula is C12H16BrF3N2O. The first-order chi connectivity index (χ1) is 8.77. The molecule has 0 unspecified atom stereocenters. The number of pyridine rings is 1. The second-order valence-corrected chi connectivity index (χ2v) is 5.30. The maximum absolute atomic E-state index is 13.0. The van der Waals surface area contributed by atoms with Crippen molar-refractivity contribution in [2.75, 3.05) is 18.1 Å². The number of alkyl halides is 3. The number of nitrogens with zero attached hydrogens (tertiary/aromatic N) is 2. The normalized spacial score (nSPS) is 12.0. The van der Waals surface area contributed by atoms with Crippen molar-refractivity contribution in [3.63, 3.8) is 0 Å². The zero-order chi connectivity index (χ0) is 14.6. The topological polar surface area (TPSA) is 36.4 Å². The van der Waals surface area contributed by atoms with Gasteiger partial charge >= 0.3 is 6.18 Å². The number of halogens is 4. The number of aliphatic hydroxyl groups excluding tert-OH is 1. The van der Waals surface area contributed by atoms with Crippen molar-refractivity contribution < 1.29 is 18.3 Å². The Morgan fingerprint density at radius 1 is 1.42 bits per heavy atom. The molecule has 0 amide bonds. The first-order valence-corrected chi connectivity index (χ1v) is 6.67. The van der Waals surface area contributed by atoms with Crippen LogP contribution in [-0.4, -0.2) is 29.3 Å². The van der Waals surface area contributed by atoms with E-state index in [2.05, 4.69) is 20.9 Å². The highest BCUT2D eigenvalue weighted by molar-refractivity contribution is 9.10. The van der Waals surface area contributed by atoms with Crippen LogP contribution in [0.15, 0.2) is 16.7 Å². The van der Waals surface area contributed by atoms with Crippen LogP contribution in [0.1, 0.15) is 25.8 Å². The quantitative estimate of drug-likeness (QED) is 0.891. The zero-order valence-corrected chi connectivity index (χ0v) is 12.3. The van der Waals surface area contributed by atoms with E-state index in [1.54, 1.807) is 18.7 Å². The van der Waals surface area contributed by atoms with E-state index in [0.29, 0.717) is 13.0 Å². The van der Waals surface area contributed by atoms with Crippen molar-refractivity contribution in [1.82, 2.24) is 4.98 Å². The van der Waals surface area contributed by atoms with Gasteiger partial charge in [-0.1, -0.05) is 0 Å². The second-order valence-electron chi connectivity index (χ2n) is 4.39. The van der Waals surface area contributed by atoms with Gasteiger partial charge in [0.05, 0.1) is 5.56 Å². The molecule has 0 aliphatic rings. The molecule has 1 heterocycles. The minimum absolute atomic E-state index is 0.0684. The summed E-state index contributed by atoms with van der Waals surface area (Å²) in [6.45, 7) is 3.84. The second kappa shape index (κ2) is 6.56. The number of hydrogen-bond donors (Lipinski definition) is 1. The molecule has 3 nitrogen and oxygen atoms in total. The number of aliphatic hydroxyl groups is 1. The third-order valence-electron chi connectivity index (χ3n) is 2.59. The Bertz CT molecular complexity index is 424. The first-order valence-electron chi connectivity index (χ1n) is 5.87. The third kappa shape index (κ3) is 4.35. The predicted octanol–water partition coefficient (Wildman–Crippen LogP) is 3.46. The molecule has 0 bridgehead atoms. The molecule has 1 N–H and O–H groups in total. The van der Waals surface area contributed by atoms with Crippen LogP contribution in [0.5, 0.6) is 0 Å². The van der Waals surface area contributed by atoms with E-state index >= 15 is 0 Å². The number of aromatic nitrogens is 1. The molecule has 0 fully saturated rings. The zero-order valence-electron chi connectivity index (χ0n) is 10.7. The Kier molecular flexibility index (Phi) is 5.61. The van der Waals surface area contributed by atoms with Gasteiger partial charge in [0.2, 0.25) is 0 Å². The summed E-state index contributed by atoms with van der Waals surface area (Å²) in [5.41, 5.74) is -0.770. The molecule has 0 aliphatic heterocycles. The molecular weight excluding hydrogens is 325 g/mol. The van der Waals surface area contributed by atoms with Crippen molar-refractivity contribution in [2.24, 2.45) is 0 Å². The van der Waals surface area contributed by atoms with Crippen LogP contribution in [-0.2, 0) is 6.18 Å². The molecule has 0 saturated heterocycles. The molecule has 108 valence electrons. The molecule has 0 saturated carbocycles. The van der Waals surface area contributed by atoms with E-state index in [0.717, 1.165) is 6.07 Å². The summed E-state index contributed by atoms with van der Waals surface area (Å²) in [6, 6.07) is 0.887. The van der Waals surface area contributed by atoms with Crippen LogP contribution in [0.2, 0.25) is 0 Å². The molecule has 0 aromatic carbocycles. The smallest absolute Gasteiger partial charge is 0.396 e. The number of anilines is 1. The molecule has 0 atom stereocenters. The van der Waals surface area contributed by atoms with Crippen molar-refractivity contribution in [2.45, 2.75) is 32.5 Å². The molecule has 19 heavy (non-hydrogen) atoms. The fourth-order valence-electron chi connectivity index (χ4n) is 1.72. The van der Waals surface area contributed by atoms with Gasteiger partial charge in [0, 0.05) is 29.9 Å². The van der Waals surface area contributed by atoms with E-state index in [1.165, 1.54) is 6.20 Å². The van der Waals surface area contributed by atoms with Crippen LogP contribution in [0.25, 0.3) is 0 Å². The fraction of sp³-hybridized carbons (Fsp3) is 0.583. The molecule has 0 spiro atoms. The Balaban J connectivity index is 3.22. The van der Waals surface area contributed by atoms with Crippen LogP contribution >= 0.6 is 15.9 Å². The van der Waals surface area contributed by atoms with E-state index in [1.807, 2.05) is 0 Å². The maximum atomic E-state index is 13.0. The summed E-state index contributed by atoms with van der Waals surface area (Å²) in [7, 11) is 0. The average Bonchev–Trinajstić information content (AvgIpc) is 2.29. The Labute approximate surface area is 118 Å². The van der Waals surface area contributed by atoms with Crippen molar-refractivity contribution >= 4 is 21.7 Å². The van der Waals surface area contributed by atoms with Gasteiger partial charge in [0.15, 0.2) is 0 Å². The Morgan fingerprint density at radius 2 is 2.05 bits per heavy atom. The fourth-order valence-corrected chi connectivity index (χ4v) is 2.05. The number of rotatable bonds is 5. The lowest BCUT2D eigenvalue weighted by Gasteiger charge is -2.30. The maximum Gasteiger partial charge on any atom is 0.419 e. The molecule has 1 aromatic rings. The third-order valence-corrected chi connectivity index (χ3v) is 3.02. The summed E-state index contributed by atoms with van der Waals surface area (Å²) in [5.74, 6) is -0.0980. The van der Waals surface area contributed by atoms with Crippen molar-refractivity contribution in [1.29, 1.82) is 0 Å². The van der Waals surface area contributed by atoms with Crippen molar-refractivity contribution in [3.8, 4) is 0 Å². The van der Waals surface area contributed by atoms with Gasteiger partial charge in [-0.05, 0) is 42.3 Å². The van der Waals surface area contributed by atoms with Gasteiger partial charge < -0.3 is 10.0 Å². The first kappa shape index (κ1) is 16.2. The summed E-state index contributed by atoms with van der Waals surface area (Å²) in [4.78, 5) is 5.44. The standard InChI is InChI=1S/C12H16BrF3N2O/c1-8(2)18(4-3-5-19)11-10(12(14,15)16)6-9(13)7-17-11/h6-8,19H,3-5H2,1-2H3. The van der Waals surface area contributed by atoms with Gasteiger partial charge in [-0.2, -0.15) is 13.2 Å². The average molecular weight is 341 g/mol. The van der Waals surface area contributed by atoms with Gasteiger partial charge in [-0.15, -0.1) is 0 Å². The summed E-state index contributed by atoms with van der Waals surface area (Å²) in [6.07, 6.45) is -2.72. The lowest BCUT2D eigenvalue weighted by Crippen LogP contribution is -2.34. The van der Waals surface area contributed by atoms with E-state index < -0.39 is 11.7 Å². The van der Waals surface area contributed by atoms with Gasteiger partial charge in [-0.25, -0.2) is 4.98 Å². The van der Waals surface area contributed by atoms with Crippen LogP contribution < -0.4 is 4.90 Å². The van der Waals surface area contributed by atoms with E-state index in [9.17, 15) is 13.2 Å². The van der Waals surface area contributed by atoms with Crippen molar-refractivity contribution in [3.05, 3.63) is 22.3 Å². The molecule has 1 rings (SSSR count). The van der Waals surface area contributed by atoms with Crippen LogP contribution in [0.3, 0.4) is 0 Å². The minimum Gasteiger partial charge on any atom is -0.396 e. The highest BCUT2D eigenvalue weighted by Gasteiger charge is 2.36. The van der Waals surface area contributed by atoms with Gasteiger partial charge in [0.1, 0.15) is 5.82 Å². The Morgan fingerprint density at radius 3 is 2.53 bits per heavy atom. The lowest BCUT2D eigenvalue weighted by atomic mass is 10.2. The van der Waals surface area contributed by atoms with E-state index in [-0.39, 0.29) is 22.9 Å². The Hall–Kier alpha value is -0.820. The molecule has 1 aromatic heterocycles. The molecule has 0 aliphatic carbocycles. The van der Waals surface area contributed by atoms with Gasteiger partial charge in [0.25, 0.3) is 0 Å². The van der Waals surface area contributed by atoms with Crippen LogP contribution in [0.4, 0.5) is 19.0 Å². The molecule has 0 radical (unpaired) electrons. The lowest BCUT2D eigenvalue weighted by molar-refractivity contribution is -0.137. The summed E-state index contributed by atoms with van der Waals surface area (Å²) >= 11 is 3.01. The highest BCUT2D eigenvalue weighted by atomic mass is 79.9. The largest absolute Gasteiger partial charge is 0.419 e. The van der Waals surface area contributed by atoms with Gasteiger partial charge in [-0.3, -0.25) is 0 Å². The monoisotopic (exact) mass is 340 g/mol. The highest BCUT2D eigenvalue weighted by Crippen LogP contribution is 2.37. The van der Waals surface area contributed by atoms with Crippen LogP contribution in [0, 0.1) is 0 Å². The SMILES string of the molecule is CC(C)N(CCCO)c1ncc(Br)cc1C(F)(F)F. The predicted molar refractivity (Wildman–Crippen MR) is 71.1 cm³/mol. The summed E-state index contributed by atoms with van der Waals surface area (Å²) < 4.78 is 39.4. The summed E-state index contributed by atoms with van der Waals surface area (Å²) in [5, 5.41) is 8.84.